The molecular weight excluding hydrogens is 356 g/mol. The van der Waals surface area contributed by atoms with E-state index in [1.807, 2.05) is 44.9 Å². The number of methoxy groups -OCH3 is 2. The third-order valence-corrected chi connectivity index (χ3v) is 5.33. The lowest BCUT2D eigenvalue weighted by atomic mass is 9.93. The van der Waals surface area contributed by atoms with Crippen LogP contribution in [-0.2, 0) is 4.79 Å². The fourth-order valence-corrected chi connectivity index (χ4v) is 3.78. The summed E-state index contributed by atoms with van der Waals surface area (Å²) in [5, 5.41) is 0.922. The normalized spacial score (nSPS) is 17.5. The van der Waals surface area contributed by atoms with Gasteiger partial charge < -0.3 is 19.3 Å². The van der Waals surface area contributed by atoms with E-state index in [1.54, 1.807) is 20.5 Å². The standard InChI is InChI=1S/C21H30N4O3/c1-21(2,3)20(26)24(4)14-8-7-9-25(12-14)19-15-10-17(27-5)18(28-6)11-16(15)22-13-23-19/h10-11,13-14H,7-9,12H2,1-6H3. The minimum Gasteiger partial charge on any atom is -0.493 e. The second kappa shape index (κ2) is 7.81. The topological polar surface area (TPSA) is 67.8 Å². The molecule has 0 bridgehead atoms. The molecule has 2 heterocycles. The summed E-state index contributed by atoms with van der Waals surface area (Å²) in [6.45, 7) is 7.53. The fraction of sp³-hybridized carbons (Fsp3) is 0.571. The van der Waals surface area contributed by atoms with Gasteiger partial charge in [-0.25, -0.2) is 9.97 Å². The number of anilines is 1. The number of amides is 1. The van der Waals surface area contributed by atoms with E-state index in [-0.39, 0.29) is 17.4 Å². The molecule has 1 aliphatic heterocycles. The molecule has 1 amide bonds. The van der Waals surface area contributed by atoms with E-state index in [0.29, 0.717) is 11.5 Å². The maximum atomic E-state index is 12.7. The second-order valence-electron chi connectivity index (χ2n) is 8.33. The van der Waals surface area contributed by atoms with Crippen LogP contribution in [0.15, 0.2) is 18.5 Å². The van der Waals surface area contributed by atoms with Crippen LogP contribution in [-0.4, -0.2) is 61.2 Å². The van der Waals surface area contributed by atoms with Gasteiger partial charge in [-0.2, -0.15) is 0 Å². The highest BCUT2D eigenvalue weighted by atomic mass is 16.5. The average molecular weight is 386 g/mol. The molecule has 7 nitrogen and oxygen atoms in total. The Balaban J connectivity index is 1.93. The van der Waals surface area contributed by atoms with E-state index in [1.165, 1.54) is 0 Å². The molecule has 0 aliphatic carbocycles. The number of likely N-dealkylation sites (N-methyl/N-ethyl adjacent to an activating group) is 1. The number of carbonyl (C=O) groups excluding carboxylic acids is 1. The van der Waals surface area contributed by atoms with E-state index in [4.69, 9.17) is 9.47 Å². The van der Waals surface area contributed by atoms with Crippen LogP contribution in [0.25, 0.3) is 10.9 Å². The molecule has 0 spiro atoms. The highest BCUT2D eigenvalue weighted by Gasteiger charge is 2.32. The molecule has 1 aromatic carbocycles. The summed E-state index contributed by atoms with van der Waals surface area (Å²) in [6.07, 6.45) is 3.58. The first-order valence-electron chi connectivity index (χ1n) is 9.65. The zero-order chi connectivity index (χ0) is 20.5. The quantitative estimate of drug-likeness (QED) is 0.804. The lowest BCUT2D eigenvalue weighted by molar-refractivity contribution is -0.140. The molecule has 7 heteroatoms. The third-order valence-electron chi connectivity index (χ3n) is 5.33. The molecule has 0 saturated carbocycles. The van der Waals surface area contributed by atoms with Gasteiger partial charge in [0.2, 0.25) is 5.91 Å². The van der Waals surface area contributed by atoms with Crippen molar-refractivity contribution < 1.29 is 14.3 Å². The van der Waals surface area contributed by atoms with Gasteiger partial charge in [0.1, 0.15) is 12.1 Å². The maximum Gasteiger partial charge on any atom is 0.227 e. The maximum absolute atomic E-state index is 12.7. The lowest BCUT2D eigenvalue weighted by Crippen LogP contribution is -2.51. The van der Waals surface area contributed by atoms with Crippen LogP contribution >= 0.6 is 0 Å². The number of piperidine rings is 1. The van der Waals surface area contributed by atoms with Crippen LogP contribution in [0.2, 0.25) is 0 Å². The summed E-state index contributed by atoms with van der Waals surface area (Å²) in [7, 11) is 5.15. The summed E-state index contributed by atoms with van der Waals surface area (Å²) < 4.78 is 10.9. The third kappa shape index (κ3) is 3.84. The highest BCUT2D eigenvalue weighted by Crippen LogP contribution is 2.35. The number of benzene rings is 1. The molecule has 0 N–H and O–H groups in total. The van der Waals surface area contributed by atoms with Crippen molar-refractivity contribution in [2.75, 3.05) is 39.3 Å². The van der Waals surface area contributed by atoms with Crippen molar-refractivity contribution in [1.29, 1.82) is 0 Å². The van der Waals surface area contributed by atoms with E-state index in [2.05, 4.69) is 14.9 Å². The van der Waals surface area contributed by atoms with Crippen molar-refractivity contribution in [2.45, 2.75) is 39.7 Å². The number of nitrogens with zero attached hydrogens (tertiary/aromatic N) is 4. The molecule has 1 saturated heterocycles. The number of fused-ring (bicyclic) bond motifs is 1. The minimum atomic E-state index is -0.386. The van der Waals surface area contributed by atoms with Gasteiger partial charge in [-0.05, 0) is 18.9 Å². The Morgan fingerprint density at radius 3 is 2.50 bits per heavy atom. The highest BCUT2D eigenvalue weighted by molar-refractivity contribution is 5.92. The molecule has 3 rings (SSSR count). The van der Waals surface area contributed by atoms with Crippen molar-refractivity contribution in [3.8, 4) is 11.5 Å². The SMILES string of the molecule is COc1cc2ncnc(N3CCCC(N(C)C(=O)C(C)(C)C)C3)c2cc1OC. The van der Waals surface area contributed by atoms with Crippen molar-refractivity contribution >= 4 is 22.6 Å². The Morgan fingerprint density at radius 1 is 1.18 bits per heavy atom. The van der Waals surface area contributed by atoms with E-state index in [0.717, 1.165) is 42.7 Å². The zero-order valence-electron chi connectivity index (χ0n) is 17.7. The zero-order valence-corrected chi connectivity index (χ0v) is 17.7. The summed E-state index contributed by atoms with van der Waals surface area (Å²) in [6, 6.07) is 3.96. The van der Waals surface area contributed by atoms with E-state index >= 15 is 0 Å². The summed E-state index contributed by atoms with van der Waals surface area (Å²) in [5.74, 6) is 2.33. The van der Waals surface area contributed by atoms with Gasteiger partial charge in [0.05, 0.1) is 19.7 Å². The fourth-order valence-electron chi connectivity index (χ4n) is 3.78. The van der Waals surface area contributed by atoms with Crippen LogP contribution in [0.5, 0.6) is 11.5 Å². The molecule has 28 heavy (non-hydrogen) atoms. The van der Waals surface area contributed by atoms with Gasteiger partial charge in [0, 0.05) is 43.0 Å². The second-order valence-corrected chi connectivity index (χ2v) is 8.33. The Labute approximate surface area is 166 Å². The smallest absolute Gasteiger partial charge is 0.227 e. The lowest BCUT2D eigenvalue weighted by Gasteiger charge is -2.40. The van der Waals surface area contributed by atoms with Crippen molar-refractivity contribution in [1.82, 2.24) is 14.9 Å². The summed E-state index contributed by atoms with van der Waals surface area (Å²) >= 11 is 0. The van der Waals surface area contributed by atoms with E-state index in [9.17, 15) is 4.79 Å². The number of rotatable bonds is 4. The van der Waals surface area contributed by atoms with Crippen LogP contribution in [0.4, 0.5) is 5.82 Å². The Hall–Kier alpha value is -2.57. The first kappa shape index (κ1) is 20.2. The summed E-state index contributed by atoms with van der Waals surface area (Å²) in [5.41, 5.74) is 0.423. The van der Waals surface area contributed by atoms with Gasteiger partial charge in [-0.15, -0.1) is 0 Å². The predicted molar refractivity (Wildman–Crippen MR) is 110 cm³/mol. The first-order valence-corrected chi connectivity index (χ1v) is 9.65. The molecule has 152 valence electrons. The van der Waals surface area contributed by atoms with Crippen LogP contribution < -0.4 is 14.4 Å². The molecular formula is C21H30N4O3. The number of hydrogen-bond donors (Lipinski definition) is 0. The van der Waals surface area contributed by atoms with Crippen molar-refractivity contribution in [3.63, 3.8) is 0 Å². The molecule has 1 atom stereocenters. The molecule has 1 aromatic heterocycles. The molecule has 1 aliphatic rings. The molecule has 1 fully saturated rings. The average Bonchev–Trinajstić information content (AvgIpc) is 2.70. The molecule has 2 aromatic rings. The molecule has 1 unspecified atom stereocenters. The van der Waals surface area contributed by atoms with E-state index < -0.39 is 0 Å². The predicted octanol–water partition coefficient (Wildman–Crippen LogP) is 3.12. The van der Waals surface area contributed by atoms with Crippen LogP contribution in [0.1, 0.15) is 33.6 Å². The molecule has 0 radical (unpaired) electrons. The number of ether oxygens (including phenoxy) is 2. The van der Waals surface area contributed by atoms with Crippen LogP contribution in [0.3, 0.4) is 0 Å². The van der Waals surface area contributed by atoms with Gasteiger partial charge in [0.15, 0.2) is 11.5 Å². The van der Waals surface area contributed by atoms with Gasteiger partial charge in [0.25, 0.3) is 0 Å². The number of aromatic nitrogens is 2. The first-order chi connectivity index (χ1) is 13.3. The van der Waals surface area contributed by atoms with Crippen molar-refractivity contribution in [2.24, 2.45) is 5.41 Å². The minimum absolute atomic E-state index is 0.158. The Morgan fingerprint density at radius 2 is 1.86 bits per heavy atom. The van der Waals surface area contributed by atoms with Gasteiger partial charge in [-0.3, -0.25) is 4.79 Å². The monoisotopic (exact) mass is 386 g/mol. The van der Waals surface area contributed by atoms with Crippen molar-refractivity contribution in [3.05, 3.63) is 18.5 Å². The largest absolute Gasteiger partial charge is 0.493 e. The Kier molecular flexibility index (Phi) is 5.63. The number of hydrogen-bond acceptors (Lipinski definition) is 6. The summed E-state index contributed by atoms with van der Waals surface area (Å²) in [4.78, 5) is 25.8. The number of carbonyl (C=O) groups is 1. The van der Waals surface area contributed by atoms with Gasteiger partial charge >= 0.3 is 0 Å². The van der Waals surface area contributed by atoms with Crippen LogP contribution in [0, 0.1) is 5.41 Å². The Bertz CT molecular complexity index is 863. The van der Waals surface area contributed by atoms with Gasteiger partial charge in [-0.1, -0.05) is 20.8 Å².